The van der Waals surface area contributed by atoms with Gasteiger partial charge in [0.25, 0.3) is 0 Å². The van der Waals surface area contributed by atoms with E-state index < -0.39 is 12.9 Å². The zero-order valence-corrected chi connectivity index (χ0v) is 3.20. The molecule has 0 aliphatic rings. The third-order valence-corrected chi connectivity index (χ3v) is 0. The molecule has 40 valence electrons. The zero-order chi connectivity index (χ0) is 5.41. The van der Waals surface area contributed by atoms with Gasteiger partial charge in [-0.25, -0.2) is 0 Å². The van der Waals surface area contributed by atoms with Crippen LogP contribution >= 0.6 is 0 Å². The first-order chi connectivity index (χ1) is 2.83. The van der Waals surface area contributed by atoms with Crippen LogP contribution in [0, 0.1) is 0 Å². The fraction of sp³-hybridized carbons (Fsp3) is 0. The van der Waals surface area contributed by atoms with Crippen molar-refractivity contribution in [2.75, 3.05) is 0 Å². The molecule has 0 saturated carbocycles. The topological polar surface area (TPSA) is 109 Å². The summed E-state index contributed by atoms with van der Waals surface area (Å²) < 4.78 is 0. The number of carbonyl (C=O) groups is 2. The molecule has 0 aliphatic carbocycles. The maximum atomic E-state index is 8.25. The number of hydrogen-bond acceptors (Lipinski definition) is 4. The van der Waals surface area contributed by atoms with Crippen LogP contribution in [0.3, 0.4) is 0 Å². The first-order valence-electron chi connectivity index (χ1n) is 0.943. The lowest BCUT2D eigenvalue weighted by molar-refractivity contribution is -0.284. The Morgan fingerprint density at radius 1 is 1.00 bits per heavy atom. The van der Waals surface area contributed by atoms with Crippen molar-refractivity contribution >= 4 is 12.9 Å². The van der Waals surface area contributed by atoms with Crippen molar-refractivity contribution in [3.05, 3.63) is 0 Å². The van der Waals surface area contributed by atoms with Gasteiger partial charge in [0.15, 0.2) is 0 Å². The van der Waals surface area contributed by atoms with Gasteiger partial charge < -0.3 is 19.8 Å². The second-order valence-corrected chi connectivity index (χ2v) is 0.192. The predicted molar refractivity (Wildman–Crippen MR) is 12.8 cm³/mol. The molecule has 0 N–H and O–H groups in total. The molecule has 0 amide bonds. The van der Waals surface area contributed by atoms with Gasteiger partial charge in [0.2, 0.25) is 0 Å². The highest BCUT2D eigenvalue weighted by Gasteiger charge is 2.00. The van der Waals surface area contributed by atoms with Crippen LogP contribution in [0.5, 0.6) is 0 Å². The minimum Gasteiger partial charge on any atom is -0.554 e. The number of hydrogen-bond donors (Lipinski definition) is 0. The normalized spacial score (nSPS) is 3.43. The highest BCUT2D eigenvalue weighted by molar-refractivity contribution is 5.29. The molecule has 0 aromatic heterocycles. The van der Waals surface area contributed by atoms with Crippen LogP contribution in [-0.4, -0.2) is 12.9 Å². The molecular weight excluding hydrogens is 104 g/mol. The molecule has 0 unspecified atom stereocenters. The van der Waals surface area contributed by atoms with Crippen LogP contribution < -0.4 is 10.2 Å². The van der Waals surface area contributed by atoms with E-state index in [1.807, 2.05) is 0 Å². The van der Waals surface area contributed by atoms with E-state index in [0.717, 1.165) is 0 Å². The molecule has 0 heterocycles. The van der Waals surface area contributed by atoms with Crippen LogP contribution in [0.1, 0.15) is 0 Å². The van der Waals surface area contributed by atoms with E-state index in [4.69, 9.17) is 19.8 Å². The summed E-state index contributed by atoms with van der Waals surface area (Å²) >= 11 is 0. The Hall–Kier alpha value is -1.10. The Morgan fingerprint density at radius 3 is 1.00 bits per heavy atom. The number of carboxylic acid groups (broad SMARTS) is 2. The van der Waals surface area contributed by atoms with Gasteiger partial charge in [-0.2, -0.15) is 0 Å². The van der Waals surface area contributed by atoms with Crippen molar-refractivity contribution in [3.63, 3.8) is 0 Å². The Morgan fingerprint density at radius 2 is 1.00 bits per heavy atom. The maximum absolute atomic E-state index is 8.25. The third-order valence-electron chi connectivity index (χ3n) is 0. The van der Waals surface area contributed by atoms with Crippen LogP contribution in [0.2, 0.25) is 0 Å². The monoisotopic (exact) mass is 106 g/mol. The van der Waals surface area contributed by atoms with E-state index in [1.165, 1.54) is 0 Å². The van der Waals surface area contributed by atoms with Crippen LogP contribution in [0.15, 0.2) is 0 Å². The van der Waals surface area contributed by atoms with E-state index >= 15 is 0 Å². The van der Waals surface area contributed by atoms with Gasteiger partial charge in [-0.1, -0.05) is 0 Å². The Balaban J connectivity index is -0.0000000400. The van der Waals surface area contributed by atoms with Crippen molar-refractivity contribution in [3.8, 4) is 0 Å². The van der Waals surface area contributed by atoms with Crippen molar-refractivity contribution < 1.29 is 25.3 Å². The number of carbonyl (C=O) groups excluding carboxylic acids is 2. The summed E-state index contributed by atoms with van der Waals surface area (Å²) in [6, 6.07) is 0. The smallest absolute Gasteiger partial charge is 0.554 e. The molecule has 0 aliphatic heterocycles. The molecule has 0 saturated heterocycles. The standard InChI is InChI=1S/2CH2O2.O/c2*2-1-3;/h2*1H,(H,2,3);/q;;+2/p-2. The molecule has 7 heavy (non-hydrogen) atoms. The van der Waals surface area contributed by atoms with E-state index in [2.05, 4.69) is 0 Å². The molecule has 0 fully saturated rings. The van der Waals surface area contributed by atoms with Gasteiger partial charge in [0.1, 0.15) is 0 Å². The van der Waals surface area contributed by atoms with Crippen LogP contribution in [0.4, 0.5) is 0 Å². The van der Waals surface area contributed by atoms with Gasteiger partial charge in [0, 0.05) is 12.9 Å². The summed E-state index contributed by atoms with van der Waals surface area (Å²) in [6.07, 6.45) is 0. The lowest BCUT2D eigenvalue weighted by Gasteiger charge is -1.52. The molecule has 0 bridgehead atoms. The Kier molecular flexibility index (Phi) is 221. The van der Waals surface area contributed by atoms with Crippen molar-refractivity contribution in [2.45, 2.75) is 0 Å². The SMILES string of the molecule is O=C[O-].O=C[O-].[O+2]. The van der Waals surface area contributed by atoms with Gasteiger partial charge in [0.05, 0.1) is 0 Å². The van der Waals surface area contributed by atoms with Crippen molar-refractivity contribution in [1.29, 1.82) is 0 Å². The van der Waals surface area contributed by atoms with E-state index in [-0.39, 0.29) is 5.48 Å². The van der Waals surface area contributed by atoms with Crippen LogP contribution in [0.25, 0.3) is 0 Å². The van der Waals surface area contributed by atoms with E-state index in [0.29, 0.717) is 0 Å². The Labute approximate surface area is 39.5 Å². The van der Waals surface area contributed by atoms with E-state index in [9.17, 15) is 0 Å². The average Bonchev–Trinajstić information content (AvgIpc) is 1.39. The fourth-order valence-corrected chi connectivity index (χ4v) is 0. The molecule has 5 nitrogen and oxygen atoms in total. The average molecular weight is 106 g/mol. The van der Waals surface area contributed by atoms with Crippen LogP contribution in [-0.2, 0) is 15.1 Å². The summed E-state index contributed by atoms with van der Waals surface area (Å²) in [5.41, 5.74) is 0. The second-order valence-electron chi connectivity index (χ2n) is 0.192. The molecular formula is C2H2O5. The summed E-state index contributed by atoms with van der Waals surface area (Å²) in [5, 5.41) is 16.5. The highest BCUT2D eigenvalue weighted by Crippen LogP contribution is 0.757. The molecule has 0 atom stereocenters. The third kappa shape index (κ3) is 34.1. The molecule has 0 aromatic rings. The summed E-state index contributed by atoms with van der Waals surface area (Å²) in [6.45, 7) is -1.00. The van der Waals surface area contributed by atoms with Gasteiger partial charge in [-0.3, -0.25) is 0 Å². The highest BCUT2D eigenvalue weighted by atomic mass is 16.3. The predicted octanol–water partition coefficient (Wildman–Crippen LogP) is -3.39. The first kappa shape index (κ1) is 16.8. The van der Waals surface area contributed by atoms with Gasteiger partial charge >= 0.3 is 5.48 Å². The second kappa shape index (κ2) is 92.0. The molecule has 0 rings (SSSR count). The largest absolute Gasteiger partial charge is 2.00 e. The van der Waals surface area contributed by atoms with Crippen molar-refractivity contribution in [1.82, 2.24) is 0 Å². The molecule has 0 spiro atoms. The fourth-order valence-electron chi connectivity index (χ4n) is 0. The molecule has 0 aromatic carbocycles. The minimum atomic E-state index is -0.500. The van der Waals surface area contributed by atoms with Gasteiger partial charge in [-0.15, -0.1) is 0 Å². The first-order valence-corrected chi connectivity index (χ1v) is 0.943. The summed E-state index contributed by atoms with van der Waals surface area (Å²) in [7, 11) is 0. The zero-order valence-electron chi connectivity index (χ0n) is 3.20. The lowest BCUT2D eigenvalue weighted by Crippen LogP contribution is -2.01. The molecule has 4 radical (unpaired) electrons. The number of rotatable bonds is 0. The maximum Gasteiger partial charge on any atom is 2.00 e. The Bertz CT molecular complexity index is 27.1. The van der Waals surface area contributed by atoms with Crippen molar-refractivity contribution in [2.24, 2.45) is 0 Å². The quantitative estimate of drug-likeness (QED) is 0.300. The lowest BCUT2D eigenvalue weighted by atomic mass is 11.7. The van der Waals surface area contributed by atoms with E-state index in [1.54, 1.807) is 0 Å². The van der Waals surface area contributed by atoms with Gasteiger partial charge in [-0.05, 0) is 0 Å². The summed E-state index contributed by atoms with van der Waals surface area (Å²) in [4.78, 5) is 16.5. The molecule has 5 heteroatoms. The summed E-state index contributed by atoms with van der Waals surface area (Å²) in [5.74, 6) is 0. The minimum absolute atomic E-state index is 0.